The fourth-order valence-electron chi connectivity index (χ4n) is 2.90. The van der Waals surface area contributed by atoms with Gasteiger partial charge in [-0.2, -0.15) is 0 Å². The van der Waals surface area contributed by atoms with Crippen LogP contribution in [0.1, 0.15) is 16.7 Å². The van der Waals surface area contributed by atoms with Gasteiger partial charge in [0.25, 0.3) is 5.91 Å². The molecule has 0 aliphatic carbocycles. The summed E-state index contributed by atoms with van der Waals surface area (Å²) in [7, 11) is 1.59. The predicted octanol–water partition coefficient (Wildman–Crippen LogP) is 6.20. The Bertz CT molecular complexity index is 1070. The number of hydrogen-bond acceptors (Lipinski definition) is 4. The van der Waals surface area contributed by atoms with E-state index < -0.39 is 0 Å². The molecule has 1 amide bonds. The minimum atomic E-state index is -0.275. The van der Waals surface area contributed by atoms with E-state index in [4.69, 9.17) is 21.1 Å². The zero-order chi connectivity index (χ0) is 22.4. The zero-order valence-electron chi connectivity index (χ0n) is 17.6. The lowest BCUT2D eigenvalue weighted by atomic mass is 10.2. The third-order valence-corrected chi connectivity index (χ3v) is 5.85. The van der Waals surface area contributed by atoms with Crippen LogP contribution in [-0.4, -0.2) is 19.6 Å². The fraction of sp³-hybridized carbons (Fsp3) is 0.208. The van der Waals surface area contributed by atoms with Gasteiger partial charge in [-0.3, -0.25) is 4.79 Å². The van der Waals surface area contributed by atoms with Crippen molar-refractivity contribution in [1.29, 1.82) is 0 Å². The molecule has 7 heteroatoms. The summed E-state index contributed by atoms with van der Waals surface area (Å²) in [6, 6.07) is 17.5. The molecule has 0 saturated heterocycles. The molecule has 3 rings (SSSR count). The average Bonchev–Trinajstić information content (AvgIpc) is 2.74. The van der Waals surface area contributed by atoms with Gasteiger partial charge in [-0.15, -0.1) is 0 Å². The Morgan fingerprint density at radius 2 is 1.74 bits per heavy atom. The number of hydrogen-bond donors (Lipinski definition) is 2. The summed E-state index contributed by atoms with van der Waals surface area (Å²) >= 11 is 8.30. The largest absolute Gasteiger partial charge is 0.493 e. The molecule has 0 aromatic heterocycles. The number of benzene rings is 3. The van der Waals surface area contributed by atoms with Gasteiger partial charge in [0.1, 0.15) is 0 Å². The maximum absolute atomic E-state index is 12.3. The first-order valence-electron chi connectivity index (χ1n) is 9.71. The summed E-state index contributed by atoms with van der Waals surface area (Å²) in [6.45, 7) is 4.47. The highest BCUT2D eigenvalue weighted by molar-refractivity contribution is 14.1. The average molecular weight is 551 g/mol. The van der Waals surface area contributed by atoms with Crippen molar-refractivity contribution in [2.24, 2.45) is 0 Å². The van der Waals surface area contributed by atoms with Crippen molar-refractivity contribution in [3.8, 4) is 11.5 Å². The standard InChI is InChI=1S/C24H24ClIN2O3/c1-15-4-7-18(8-5-15)27-13-17-10-21(26)24(22(11-17)30-3)31-14-23(29)28-19-9-6-16(2)20(25)12-19/h4-12,27H,13-14H2,1-3H3,(H,28,29). The van der Waals surface area contributed by atoms with Crippen LogP contribution in [0.3, 0.4) is 0 Å². The molecule has 2 N–H and O–H groups in total. The summed E-state index contributed by atoms with van der Waals surface area (Å²) in [6.07, 6.45) is 0. The van der Waals surface area contributed by atoms with Crippen LogP contribution in [-0.2, 0) is 11.3 Å². The quantitative estimate of drug-likeness (QED) is 0.328. The normalized spacial score (nSPS) is 10.5. The number of aryl methyl sites for hydroxylation is 2. The van der Waals surface area contributed by atoms with E-state index in [0.29, 0.717) is 28.8 Å². The second-order valence-electron chi connectivity index (χ2n) is 7.13. The van der Waals surface area contributed by atoms with Crippen LogP contribution in [0.4, 0.5) is 11.4 Å². The van der Waals surface area contributed by atoms with E-state index in [0.717, 1.165) is 20.4 Å². The summed E-state index contributed by atoms with van der Waals surface area (Å²) in [5.41, 5.74) is 4.90. The molecule has 31 heavy (non-hydrogen) atoms. The number of methoxy groups -OCH3 is 1. The van der Waals surface area contributed by atoms with Crippen LogP contribution >= 0.6 is 34.2 Å². The van der Waals surface area contributed by atoms with E-state index in [1.54, 1.807) is 19.2 Å². The van der Waals surface area contributed by atoms with Crippen LogP contribution in [0.15, 0.2) is 54.6 Å². The van der Waals surface area contributed by atoms with E-state index in [9.17, 15) is 4.79 Å². The highest BCUT2D eigenvalue weighted by Gasteiger charge is 2.14. The summed E-state index contributed by atoms with van der Waals surface area (Å²) < 4.78 is 12.2. The Hall–Kier alpha value is -2.45. The minimum absolute atomic E-state index is 0.140. The van der Waals surface area contributed by atoms with Crippen molar-refractivity contribution in [3.05, 3.63) is 79.9 Å². The van der Waals surface area contributed by atoms with Crippen molar-refractivity contribution in [1.82, 2.24) is 0 Å². The maximum Gasteiger partial charge on any atom is 0.262 e. The van der Waals surface area contributed by atoms with Gasteiger partial charge in [0.05, 0.1) is 10.7 Å². The molecule has 0 aliphatic rings. The third-order valence-electron chi connectivity index (χ3n) is 4.64. The van der Waals surface area contributed by atoms with Crippen LogP contribution in [0.2, 0.25) is 5.02 Å². The number of carbonyl (C=O) groups excluding carboxylic acids is 1. The molecule has 162 valence electrons. The third kappa shape index (κ3) is 6.51. The minimum Gasteiger partial charge on any atom is -0.493 e. The number of ether oxygens (including phenoxy) is 2. The molecule has 3 aromatic carbocycles. The predicted molar refractivity (Wildman–Crippen MR) is 135 cm³/mol. The molecular weight excluding hydrogens is 527 g/mol. The van der Waals surface area contributed by atoms with Gasteiger partial charge >= 0.3 is 0 Å². The van der Waals surface area contributed by atoms with Gasteiger partial charge in [0.15, 0.2) is 18.1 Å². The second-order valence-corrected chi connectivity index (χ2v) is 8.70. The number of nitrogens with one attached hydrogen (secondary N) is 2. The van der Waals surface area contributed by atoms with Gasteiger partial charge < -0.3 is 20.1 Å². The molecule has 0 bridgehead atoms. The van der Waals surface area contributed by atoms with Crippen molar-refractivity contribution in [2.45, 2.75) is 20.4 Å². The number of rotatable bonds is 8. The first-order chi connectivity index (χ1) is 14.9. The Morgan fingerprint density at radius 1 is 1.03 bits per heavy atom. The molecule has 0 spiro atoms. The SMILES string of the molecule is COc1cc(CNc2ccc(C)cc2)cc(I)c1OCC(=O)Nc1ccc(C)c(Cl)c1. The topological polar surface area (TPSA) is 59.6 Å². The van der Waals surface area contributed by atoms with Crippen LogP contribution in [0.25, 0.3) is 0 Å². The zero-order valence-corrected chi connectivity index (χ0v) is 20.5. The van der Waals surface area contributed by atoms with E-state index >= 15 is 0 Å². The number of anilines is 2. The Kier molecular flexibility index (Phi) is 8.03. The van der Waals surface area contributed by atoms with E-state index in [-0.39, 0.29) is 12.5 Å². The second kappa shape index (κ2) is 10.7. The molecule has 0 aliphatic heterocycles. The van der Waals surface area contributed by atoms with Crippen molar-refractivity contribution in [2.75, 3.05) is 24.4 Å². The van der Waals surface area contributed by atoms with Crippen LogP contribution < -0.4 is 20.1 Å². The molecule has 5 nitrogen and oxygen atoms in total. The molecule has 0 heterocycles. The van der Waals surface area contributed by atoms with Crippen LogP contribution in [0, 0.1) is 17.4 Å². The number of carbonyl (C=O) groups is 1. The summed E-state index contributed by atoms with van der Waals surface area (Å²) in [5, 5.41) is 6.79. The molecule has 0 atom stereocenters. The lowest BCUT2D eigenvalue weighted by Crippen LogP contribution is -2.20. The van der Waals surface area contributed by atoms with Gasteiger partial charge in [0, 0.05) is 22.9 Å². The number of halogens is 2. The number of amides is 1. The van der Waals surface area contributed by atoms with Gasteiger partial charge in [0.2, 0.25) is 0 Å². The van der Waals surface area contributed by atoms with Crippen molar-refractivity contribution in [3.63, 3.8) is 0 Å². The Balaban J connectivity index is 1.63. The fourth-order valence-corrected chi connectivity index (χ4v) is 3.90. The lowest BCUT2D eigenvalue weighted by molar-refractivity contribution is -0.118. The van der Waals surface area contributed by atoms with Gasteiger partial charge in [-0.1, -0.05) is 35.4 Å². The molecule has 0 fully saturated rings. The molecule has 0 saturated carbocycles. The van der Waals surface area contributed by atoms with E-state index in [1.165, 1.54) is 5.56 Å². The van der Waals surface area contributed by atoms with Crippen molar-refractivity contribution >= 4 is 51.5 Å². The van der Waals surface area contributed by atoms with Gasteiger partial charge in [-0.05, 0) is 84.0 Å². The lowest BCUT2D eigenvalue weighted by Gasteiger charge is -2.15. The first-order valence-corrected chi connectivity index (χ1v) is 11.2. The maximum atomic E-state index is 12.3. The first kappa shape index (κ1) is 23.2. The Morgan fingerprint density at radius 3 is 2.42 bits per heavy atom. The summed E-state index contributed by atoms with van der Waals surface area (Å²) in [4.78, 5) is 12.3. The van der Waals surface area contributed by atoms with Crippen LogP contribution in [0.5, 0.6) is 11.5 Å². The smallest absolute Gasteiger partial charge is 0.262 e. The molecule has 3 aromatic rings. The van der Waals surface area contributed by atoms with E-state index in [1.807, 2.05) is 25.1 Å². The monoisotopic (exact) mass is 550 g/mol. The highest BCUT2D eigenvalue weighted by atomic mass is 127. The molecular formula is C24H24ClIN2O3. The molecule has 0 radical (unpaired) electrons. The highest BCUT2D eigenvalue weighted by Crippen LogP contribution is 2.34. The Labute approximate surface area is 201 Å². The van der Waals surface area contributed by atoms with E-state index in [2.05, 4.69) is 64.4 Å². The molecule has 0 unspecified atom stereocenters. The van der Waals surface area contributed by atoms with Gasteiger partial charge in [-0.25, -0.2) is 0 Å². The summed E-state index contributed by atoms with van der Waals surface area (Å²) in [5.74, 6) is 0.848. The van der Waals surface area contributed by atoms with Crippen molar-refractivity contribution < 1.29 is 14.3 Å².